The normalized spacial score (nSPS) is 17.7. The minimum atomic E-state index is 0.238. The molecule has 1 unspecified atom stereocenters. The highest BCUT2D eigenvalue weighted by Gasteiger charge is 2.24. The van der Waals surface area contributed by atoms with E-state index in [-0.39, 0.29) is 6.10 Å². The fourth-order valence-corrected chi connectivity index (χ4v) is 2.92. The van der Waals surface area contributed by atoms with E-state index >= 15 is 0 Å². The lowest BCUT2D eigenvalue weighted by Gasteiger charge is -2.12. The Hall–Kier alpha value is -1.75. The number of anilines is 1. The van der Waals surface area contributed by atoms with Gasteiger partial charge in [0.05, 0.1) is 11.0 Å². The molecule has 0 amide bonds. The van der Waals surface area contributed by atoms with Crippen LogP contribution in [0.5, 0.6) is 5.75 Å². The van der Waals surface area contributed by atoms with E-state index in [2.05, 4.69) is 35.5 Å². The van der Waals surface area contributed by atoms with E-state index < -0.39 is 0 Å². The van der Waals surface area contributed by atoms with Crippen LogP contribution in [0.3, 0.4) is 0 Å². The standard InChI is InChI=1S/C15H22N4O/c1-10-9-11-13(20-10)6-5-12-14(11)19(15(16)17-12)8-4-7-18(2)3/h5-6,10H,4,7-9H2,1-3H3,(H2,16,17). The molecule has 3 rings (SSSR count). The average molecular weight is 274 g/mol. The molecule has 5 nitrogen and oxygen atoms in total. The fraction of sp³-hybridized carbons (Fsp3) is 0.533. The van der Waals surface area contributed by atoms with Crippen LogP contribution in [-0.4, -0.2) is 41.2 Å². The second-order valence-electron chi connectivity index (χ2n) is 5.82. The van der Waals surface area contributed by atoms with E-state index in [9.17, 15) is 0 Å². The van der Waals surface area contributed by atoms with Gasteiger partial charge in [-0.25, -0.2) is 4.98 Å². The first-order valence-corrected chi connectivity index (χ1v) is 7.15. The maximum Gasteiger partial charge on any atom is 0.201 e. The number of aromatic nitrogens is 2. The van der Waals surface area contributed by atoms with Gasteiger partial charge < -0.3 is 19.9 Å². The summed E-state index contributed by atoms with van der Waals surface area (Å²) < 4.78 is 7.97. The highest BCUT2D eigenvalue weighted by molar-refractivity contribution is 5.84. The van der Waals surface area contributed by atoms with Crippen LogP contribution >= 0.6 is 0 Å². The first-order valence-electron chi connectivity index (χ1n) is 7.15. The zero-order chi connectivity index (χ0) is 14.3. The van der Waals surface area contributed by atoms with Gasteiger partial charge in [0.15, 0.2) is 0 Å². The summed E-state index contributed by atoms with van der Waals surface area (Å²) in [6, 6.07) is 4.02. The fourth-order valence-electron chi connectivity index (χ4n) is 2.92. The van der Waals surface area contributed by atoms with E-state index in [1.807, 2.05) is 12.1 Å². The quantitative estimate of drug-likeness (QED) is 0.925. The number of nitrogen functional groups attached to an aromatic ring is 1. The van der Waals surface area contributed by atoms with Crippen molar-refractivity contribution in [2.45, 2.75) is 32.4 Å². The van der Waals surface area contributed by atoms with Gasteiger partial charge in [0, 0.05) is 18.5 Å². The highest BCUT2D eigenvalue weighted by atomic mass is 16.5. The third-order valence-corrected chi connectivity index (χ3v) is 3.81. The minimum absolute atomic E-state index is 0.238. The molecule has 0 saturated carbocycles. The van der Waals surface area contributed by atoms with Gasteiger partial charge in [-0.3, -0.25) is 0 Å². The molecule has 0 aliphatic carbocycles. The van der Waals surface area contributed by atoms with Crippen molar-refractivity contribution in [2.75, 3.05) is 26.4 Å². The molecular weight excluding hydrogens is 252 g/mol. The number of benzene rings is 1. The number of aryl methyl sites for hydroxylation is 1. The molecule has 0 bridgehead atoms. The molecule has 0 saturated heterocycles. The van der Waals surface area contributed by atoms with Crippen molar-refractivity contribution >= 4 is 17.0 Å². The maximum atomic E-state index is 6.10. The summed E-state index contributed by atoms with van der Waals surface area (Å²) >= 11 is 0. The van der Waals surface area contributed by atoms with Gasteiger partial charge in [-0.2, -0.15) is 0 Å². The smallest absolute Gasteiger partial charge is 0.201 e. The van der Waals surface area contributed by atoms with Crippen LogP contribution in [0.25, 0.3) is 11.0 Å². The number of hydrogen-bond acceptors (Lipinski definition) is 4. The van der Waals surface area contributed by atoms with Crippen LogP contribution in [-0.2, 0) is 13.0 Å². The summed E-state index contributed by atoms with van der Waals surface area (Å²) in [6.45, 7) is 4.04. The summed E-state index contributed by atoms with van der Waals surface area (Å²) in [5, 5.41) is 0. The Morgan fingerprint density at radius 1 is 1.45 bits per heavy atom. The van der Waals surface area contributed by atoms with Crippen molar-refractivity contribution in [3.8, 4) is 5.75 Å². The summed E-state index contributed by atoms with van der Waals surface area (Å²) in [4.78, 5) is 6.67. The van der Waals surface area contributed by atoms with Gasteiger partial charge >= 0.3 is 0 Å². The van der Waals surface area contributed by atoms with Crippen molar-refractivity contribution in [3.05, 3.63) is 17.7 Å². The first kappa shape index (κ1) is 13.2. The minimum Gasteiger partial charge on any atom is -0.490 e. The second-order valence-corrected chi connectivity index (χ2v) is 5.82. The number of nitrogens with zero attached hydrogens (tertiary/aromatic N) is 3. The maximum absolute atomic E-state index is 6.10. The highest BCUT2D eigenvalue weighted by Crippen LogP contribution is 2.35. The van der Waals surface area contributed by atoms with E-state index in [4.69, 9.17) is 10.5 Å². The van der Waals surface area contributed by atoms with Crippen LogP contribution in [0.2, 0.25) is 0 Å². The molecule has 0 radical (unpaired) electrons. The van der Waals surface area contributed by atoms with E-state index in [0.29, 0.717) is 5.95 Å². The van der Waals surface area contributed by atoms with Crippen LogP contribution in [0.1, 0.15) is 18.9 Å². The Morgan fingerprint density at radius 3 is 3.00 bits per heavy atom. The molecule has 2 aromatic rings. The summed E-state index contributed by atoms with van der Waals surface area (Å²) in [5.41, 5.74) is 9.48. The predicted octanol–water partition coefficient (Wildman–Crippen LogP) is 1.89. The Kier molecular flexibility index (Phi) is 3.30. The largest absolute Gasteiger partial charge is 0.490 e. The molecule has 2 N–H and O–H groups in total. The third kappa shape index (κ3) is 2.22. The Labute approximate surface area is 119 Å². The van der Waals surface area contributed by atoms with Gasteiger partial charge in [0.25, 0.3) is 0 Å². The Balaban J connectivity index is 1.99. The van der Waals surface area contributed by atoms with Crippen molar-refractivity contribution < 1.29 is 4.74 Å². The molecule has 1 atom stereocenters. The van der Waals surface area contributed by atoms with Crippen LogP contribution in [0, 0.1) is 0 Å². The monoisotopic (exact) mass is 274 g/mol. The van der Waals surface area contributed by atoms with Crippen molar-refractivity contribution in [1.82, 2.24) is 14.5 Å². The van der Waals surface area contributed by atoms with Crippen LogP contribution in [0.15, 0.2) is 12.1 Å². The predicted molar refractivity (Wildman–Crippen MR) is 81.1 cm³/mol. The van der Waals surface area contributed by atoms with Gasteiger partial charge in [-0.15, -0.1) is 0 Å². The Bertz CT molecular complexity index is 632. The first-order chi connectivity index (χ1) is 9.56. The molecule has 1 aliphatic heterocycles. The second kappa shape index (κ2) is 4.98. The van der Waals surface area contributed by atoms with Gasteiger partial charge in [-0.1, -0.05) is 0 Å². The van der Waals surface area contributed by atoms with Crippen molar-refractivity contribution in [2.24, 2.45) is 0 Å². The molecule has 1 aromatic heterocycles. The molecule has 5 heteroatoms. The van der Waals surface area contributed by atoms with E-state index in [1.165, 1.54) is 5.56 Å². The summed E-state index contributed by atoms with van der Waals surface area (Å²) in [7, 11) is 4.17. The van der Waals surface area contributed by atoms with E-state index in [0.717, 1.165) is 42.7 Å². The van der Waals surface area contributed by atoms with Gasteiger partial charge in [0.1, 0.15) is 11.9 Å². The molecule has 2 heterocycles. The average Bonchev–Trinajstić information content (AvgIpc) is 2.88. The Morgan fingerprint density at radius 2 is 2.25 bits per heavy atom. The summed E-state index contributed by atoms with van der Waals surface area (Å²) in [6.07, 6.45) is 2.23. The molecule has 0 fully saturated rings. The van der Waals surface area contributed by atoms with E-state index in [1.54, 1.807) is 0 Å². The molecule has 0 spiro atoms. The molecule has 1 aliphatic rings. The van der Waals surface area contributed by atoms with Crippen LogP contribution < -0.4 is 10.5 Å². The number of rotatable bonds is 4. The SMILES string of the molecule is CC1Cc2c(ccc3nc(N)n(CCCN(C)C)c23)O1. The number of hydrogen-bond donors (Lipinski definition) is 1. The topological polar surface area (TPSA) is 56.3 Å². The molecular formula is C15H22N4O. The van der Waals surface area contributed by atoms with Crippen molar-refractivity contribution in [1.29, 1.82) is 0 Å². The van der Waals surface area contributed by atoms with Gasteiger partial charge in [-0.05, 0) is 46.1 Å². The number of ether oxygens (including phenoxy) is 1. The lowest BCUT2D eigenvalue weighted by molar-refractivity contribution is 0.254. The number of imidazole rings is 1. The lowest BCUT2D eigenvalue weighted by atomic mass is 10.1. The zero-order valence-corrected chi connectivity index (χ0v) is 12.4. The lowest BCUT2D eigenvalue weighted by Crippen LogP contribution is -2.16. The molecule has 108 valence electrons. The zero-order valence-electron chi connectivity index (χ0n) is 12.4. The van der Waals surface area contributed by atoms with Gasteiger partial charge in [0.2, 0.25) is 5.95 Å². The number of nitrogens with two attached hydrogens (primary N) is 1. The summed E-state index contributed by atoms with van der Waals surface area (Å²) in [5.74, 6) is 1.59. The third-order valence-electron chi connectivity index (χ3n) is 3.81. The van der Waals surface area contributed by atoms with Crippen LogP contribution in [0.4, 0.5) is 5.95 Å². The van der Waals surface area contributed by atoms with Crippen molar-refractivity contribution in [3.63, 3.8) is 0 Å². The molecule has 20 heavy (non-hydrogen) atoms. The molecule has 1 aromatic carbocycles. The number of fused-ring (bicyclic) bond motifs is 3.